The Kier molecular flexibility index (Phi) is 4.48. The maximum atomic E-state index is 12.3. The van der Waals surface area contributed by atoms with Gasteiger partial charge < -0.3 is 14.8 Å². The fourth-order valence-electron chi connectivity index (χ4n) is 3.09. The molecule has 1 amide bonds. The van der Waals surface area contributed by atoms with Crippen molar-refractivity contribution in [1.29, 1.82) is 0 Å². The van der Waals surface area contributed by atoms with Crippen molar-refractivity contribution in [2.24, 2.45) is 0 Å². The third-order valence-corrected chi connectivity index (χ3v) is 4.12. The van der Waals surface area contributed by atoms with Crippen molar-refractivity contribution in [2.75, 3.05) is 30.0 Å². The van der Waals surface area contributed by atoms with Crippen LogP contribution in [0.5, 0.6) is 0 Å². The van der Waals surface area contributed by atoms with Crippen LogP contribution in [-0.2, 0) is 15.9 Å². The zero-order chi connectivity index (χ0) is 16.4. The normalized spacial score (nSPS) is 21.0. The molecule has 1 saturated heterocycles. The summed E-state index contributed by atoms with van der Waals surface area (Å²) in [5.41, 5.74) is 2.79. The van der Waals surface area contributed by atoms with Gasteiger partial charge in [0.15, 0.2) is 0 Å². The van der Waals surface area contributed by atoms with Crippen LogP contribution < -0.4 is 10.2 Å². The van der Waals surface area contributed by atoms with E-state index in [2.05, 4.69) is 11.4 Å². The van der Waals surface area contributed by atoms with E-state index in [9.17, 15) is 4.79 Å². The minimum absolute atomic E-state index is 0.266. The number of fused-ring (bicyclic) bond motifs is 1. The summed E-state index contributed by atoms with van der Waals surface area (Å²) in [6, 6.07) is 6.58. The van der Waals surface area contributed by atoms with Gasteiger partial charge in [0.2, 0.25) is 0 Å². The van der Waals surface area contributed by atoms with Gasteiger partial charge in [-0.05, 0) is 63.8 Å². The maximum absolute atomic E-state index is 12.3. The number of amides is 1. The number of nitrogens with one attached hydrogen (secondary N) is 1. The van der Waals surface area contributed by atoms with Crippen LogP contribution in [0.25, 0.3) is 0 Å². The fraction of sp³-hybridized carbons (Fsp3) is 0.611. The molecule has 5 heteroatoms. The summed E-state index contributed by atoms with van der Waals surface area (Å²) in [4.78, 5) is 14.0. The second-order valence-corrected chi connectivity index (χ2v) is 7.28. The minimum Gasteiger partial charge on any atom is -0.443 e. The Labute approximate surface area is 137 Å². The van der Waals surface area contributed by atoms with E-state index in [1.165, 1.54) is 5.56 Å². The summed E-state index contributed by atoms with van der Waals surface area (Å²) in [5.74, 6) is 0. The number of ether oxygens (including phenoxy) is 2. The van der Waals surface area contributed by atoms with Crippen LogP contribution in [0.4, 0.5) is 16.2 Å². The van der Waals surface area contributed by atoms with Crippen LogP contribution >= 0.6 is 0 Å². The van der Waals surface area contributed by atoms with E-state index in [1.807, 2.05) is 32.9 Å². The smallest absolute Gasteiger partial charge is 0.414 e. The van der Waals surface area contributed by atoms with E-state index in [0.717, 1.165) is 43.9 Å². The van der Waals surface area contributed by atoms with Crippen molar-refractivity contribution in [2.45, 2.75) is 51.7 Å². The molecule has 0 bridgehead atoms. The van der Waals surface area contributed by atoms with Crippen molar-refractivity contribution >= 4 is 17.5 Å². The van der Waals surface area contributed by atoms with Gasteiger partial charge in [-0.3, -0.25) is 4.90 Å². The molecule has 1 atom stereocenters. The zero-order valence-electron chi connectivity index (χ0n) is 14.2. The number of carbonyl (C=O) groups excluding carboxylic acids is 1. The van der Waals surface area contributed by atoms with Gasteiger partial charge in [0.1, 0.15) is 5.60 Å². The number of benzene rings is 1. The van der Waals surface area contributed by atoms with Crippen LogP contribution in [-0.4, -0.2) is 37.5 Å². The van der Waals surface area contributed by atoms with E-state index in [0.29, 0.717) is 12.6 Å². The Morgan fingerprint density at radius 2 is 2.22 bits per heavy atom. The summed E-state index contributed by atoms with van der Waals surface area (Å²) in [7, 11) is 0. The van der Waals surface area contributed by atoms with Crippen LogP contribution in [0.15, 0.2) is 18.2 Å². The molecule has 0 aromatic heterocycles. The first-order valence-corrected chi connectivity index (χ1v) is 8.40. The van der Waals surface area contributed by atoms with Crippen LogP contribution in [0, 0.1) is 0 Å². The SMILES string of the molecule is CC(C)(C)OC(=O)N1CCc2cc(N[C@@H]3CCCOC3)ccc21. The van der Waals surface area contributed by atoms with Gasteiger partial charge >= 0.3 is 6.09 Å². The largest absolute Gasteiger partial charge is 0.443 e. The van der Waals surface area contributed by atoms with Gasteiger partial charge in [-0.1, -0.05) is 0 Å². The molecule has 0 aliphatic carbocycles. The number of carbonyl (C=O) groups is 1. The summed E-state index contributed by atoms with van der Waals surface area (Å²) >= 11 is 0. The molecule has 1 N–H and O–H groups in total. The Morgan fingerprint density at radius 3 is 2.91 bits per heavy atom. The van der Waals surface area contributed by atoms with E-state index < -0.39 is 5.60 Å². The van der Waals surface area contributed by atoms with Crippen molar-refractivity contribution in [1.82, 2.24) is 0 Å². The van der Waals surface area contributed by atoms with Crippen LogP contribution in [0.2, 0.25) is 0 Å². The lowest BCUT2D eigenvalue weighted by Crippen LogP contribution is -2.35. The molecule has 3 rings (SSSR count). The molecule has 1 aromatic rings. The molecule has 126 valence electrons. The molecule has 1 aromatic carbocycles. The highest BCUT2D eigenvalue weighted by Crippen LogP contribution is 2.32. The molecule has 1 fully saturated rings. The van der Waals surface area contributed by atoms with Gasteiger partial charge in [-0.25, -0.2) is 4.79 Å². The van der Waals surface area contributed by atoms with Crippen LogP contribution in [0.3, 0.4) is 0 Å². The Hall–Kier alpha value is -1.75. The molecular formula is C18H26N2O3. The predicted molar refractivity (Wildman–Crippen MR) is 91.2 cm³/mol. The van der Waals surface area contributed by atoms with Crippen molar-refractivity contribution in [3.05, 3.63) is 23.8 Å². The highest BCUT2D eigenvalue weighted by Gasteiger charge is 2.29. The molecule has 0 saturated carbocycles. The number of anilines is 2. The maximum Gasteiger partial charge on any atom is 0.414 e. The highest BCUT2D eigenvalue weighted by molar-refractivity contribution is 5.91. The van der Waals surface area contributed by atoms with E-state index in [4.69, 9.17) is 9.47 Å². The number of nitrogens with zero attached hydrogens (tertiary/aromatic N) is 1. The Balaban J connectivity index is 1.68. The number of hydrogen-bond donors (Lipinski definition) is 1. The molecule has 0 radical (unpaired) electrons. The standard InChI is InChI=1S/C18H26N2O3/c1-18(2,3)23-17(21)20-9-8-13-11-14(6-7-16(13)20)19-15-5-4-10-22-12-15/h6-7,11,15,19H,4-5,8-10,12H2,1-3H3/t15-/m1/s1. The average Bonchev–Trinajstić information content (AvgIpc) is 2.90. The molecule has 5 nitrogen and oxygen atoms in total. The quantitative estimate of drug-likeness (QED) is 0.905. The zero-order valence-corrected chi connectivity index (χ0v) is 14.2. The second kappa shape index (κ2) is 6.40. The number of hydrogen-bond acceptors (Lipinski definition) is 4. The first-order chi connectivity index (χ1) is 10.9. The van der Waals surface area contributed by atoms with Gasteiger partial charge in [0.05, 0.1) is 12.3 Å². The lowest BCUT2D eigenvalue weighted by molar-refractivity contribution is 0.0584. The highest BCUT2D eigenvalue weighted by atomic mass is 16.6. The molecule has 23 heavy (non-hydrogen) atoms. The lowest BCUT2D eigenvalue weighted by Gasteiger charge is -2.25. The molecule has 2 aliphatic heterocycles. The van der Waals surface area contributed by atoms with Crippen molar-refractivity contribution in [3.8, 4) is 0 Å². The van der Waals surface area contributed by atoms with Gasteiger partial charge in [-0.2, -0.15) is 0 Å². The molecule has 0 spiro atoms. The summed E-state index contributed by atoms with van der Waals surface area (Å²) in [5, 5.41) is 3.53. The van der Waals surface area contributed by atoms with E-state index >= 15 is 0 Å². The summed E-state index contributed by atoms with van der Waals surface area (Å²) in [6.07, 6.45) is 2.85. The molecule has 2 aliphatic rings. The topological polar surface area (TPSA) is 50.8 Å². The van der Waals surface area contributed by atoms with E-state index in [1.54, 1.807) is 4.90 Å². The second-order valence-electron chi connectivity index (χ2n) is 7.28. The molecular weight excluding hydrogens is 292 g/mol. The Morgan fingerprint density at radius 1 is 1.39 bits per heavy atom. The monoisotopic (exact) mass is 318 g/mol. The minimum atomic E-state index is -0.470. The molecule has 2 heterocycles. The van der Waals surface area contributed by atoms with E-state index in [-0.39, 0.29) is 6.09 Å². The Bertz CT molecular complexity index is 574. The van der Waals surface area contributed by atoms with Gasteiger partial charge in [0, 0.05) is 24.9 Å². The average molecular weight is 318 g/mol. The first kappa shape index (κ1) is 16.1. The van der Waals surface area contributed by atoms with Gasteiger partial charge in [0.25, 0.3) is 0 Å². The van der Waals surface area contributed by atoms with Crippen molar-refractivity contribution < 1.29 is 14.3 Å². The predicted octanol–water partition coefficient (Wildman–Crippen LogP) is 3.58. The summed E-state index contributed by atoms with van der Waals surface area (Å²) in [6.45, 7) is 7.98. The lowest BCUT2D eigenvalue weighted by atomic mass is 10.1. The third-order valence-electron chi connectivity index (χ3n) is 4.12. The van der Waals surface area contributed by atoms with Crippen LogP contribution in [0.1, 0.15) is 39.2 Å². The number of rotatable bonds is 2. The third kappa shape index (κ3) is 3.96. The summed E-state index contributed by atoms with van der Waals surface area (Å²) < 4.78 is 11.0. The van der Waals surface area contributed by atoms with Gasteiger partial charge in [-0.15, -0.1) is 0 Å². The molecule has 0 unspecified atom stereocenters. The van der Waals surface area contributed by atoms with Crippen molar-refractivity contribution in [3.63, 3.8) is 0 Å². The first-order valence-electron chi connectivity index (χ1n) is 8.40. The fourth-order valence-corrected chi connectivity index (χ4v) is 3.09.